The molecule has 0 aliphatic heterocycles. The molecule has 0 saturated heterocycles. The first-order valence-corrected chi connectivity index (χ1v) is 5.40. The second kappa shape index (κ2) is 5.39. The molecule has 98 valence electrons. The summed E-state index contributed by atoms with van der Waals surface area (Å²) in [6.07, 6.45) is -0.890. The number of nitrogen functional groups attached to an aromatic ring is 1. The number of ether oxygens (including phenoxy) is 1. The van der Waals surface area contributed by atoms with Gasteiger partial charge in [0.25, 0.3) is 0 Å². The molecule has 0 atom stereocenters. The molecule has 0 radical (unpaired) electrons. The highest BCUT2D eigenvalue weighted by atomic mass is 16.6. The van der Waals surface area contributed by atoms with Gasteiger partial charge in [-0.15, -0.1) is 0 Å². The average Bonchev–Trinajstić information content (AvgIpc) is 2.26. The number of carboxylic acids is 1. The number of carboxylic acid groups (broad SMARTS) is 1. The van der Waals surface area contributed by atoms with Crippen LogP contribution in [0.5, 0.6) is 0 Å². The number of hydrogen-bond acceptors (Lipinski definition) is 4. The lowest BCUT2D eigenvalue weighted by molar-refractivity contribution is 0.0697. The molecular weight excluding hydrogens is 236 g/mol. The lowest BCUT2D eigenvalue weighted by Crippen LogP contribution is -2.30. The van der Waals surface area contributed by atoms with Gasteiger partial charge in [-0.2, -0.15) is 0 Å². The highest BCUT2D eigenvalue weighted by Crippen LogP contribution is 2.23. The molecule has 0 aliphatic carbocycles. The summed E-state index contributed by atoms with van der Waals surface area (Å²) < 4.78 is 4.99. The summed E-state index contributed by atoms with van der Waals surface area (Å²) >= 11 is 0. The molecule has 0 heterocycles. The van der Waals surface area contributed by atoms with Crippen LogP contribution in [0, 0.1) is 0 Å². The van der Waals surface area contributed by atoms with Crippen molar-refractivity contribution in [3.63, 3.8) is 0 Å². The van der Waals surface area contributed by atoms with Crippen molar-refractivity contribution in [3.05, 3.63) is 23.8 Å². The molecule has 0 unspecified atom stereocenters. The Bertz CT molecular complexity index is 471. The van der Waals surface area contributed by atoms with E-state index in [1.165, 1.54) is 25.2 Å². The Labute approximate surface area is 105 Å². The summed E-state index contributed by atoms with van der Waals surface area (Å²) in [5.41, 5.74) is 6.04. The second-order valence-corrected chi connectivity index (χ2v) is 4.07. The van der Waals surface area contributed by atoms with Crippen LogP contribution in [0.1, 0.15) is 24.2 Å². The molecule has 1 aromatic carbocycles. The molecule has 0 fully saturated rings. The fraction of sp³-hybridized carbons (Fsp3) is 0.333. The Morgan fingerprint density at radius 2 is 2.00 bits per heavy atom. The van der Waals surface area contributed by atoms with Gasteiger partial charge in [-0.3, -0.25) is 4.90 Å². The van der Waals surface area contributed by atoms with Crippen LogP contribution in [0.2, 0.25) is 0 Å². The molecular formula is C12H16N2O4. The zero-order valence-corrected chi connectivity index (χ0v) is 10.5. The second-order valence-electron chi connectivity index (χ2n) is 4.07. The molecule has 0 spiro atoms. The summed E-state index contributed by atoms with van der Waals surface area (Å²) in [5, 5.41) is 9.07. The standard InChI is InChI=1S/C12H16N2O4/c1-7(2)18-12(17)14(3)10-5-4-8(13)6-9(10)11(15)16/h4-7H,13H2,1-3H3,(H,15,16). The fourth-order valence-electron chi connectivity index (χ4n) is 1.40. The van der Waals surface area contributed by atoms with Crippen molar-refractivity contribution < 1.29 is 19.4 Å². The van der Waals surface area contributed by atoms with E-state index in [4.69, 9.17) is 15.6 Å². The summed E-state index contributed by atoms with van der Waals surface area (Å²) in [6, 6.07) is 4.30. The summed E-state index contributed by atoms with van der Waals surface area (Å²) in [7, 11) is 1.45. The molecule has 1 rings (SSSR count). The third-order valence-electron chi connectivity index (χ3n) is 2.22. The van der Waals surface area contributed by atoms with Crippen molar-refractivity contribution in [1.29, 1.82) is 0 Å². The zero-order chi connectivity index (χ0) is 13.9. The van der Waals surface area contributed by atoms with E-state index in [0.717, 1.165) is 4.90 Å². The van der Waals surface area contributed by atoms with E-state index in [1.807, 2.05) is 0 Å². The fourth-order valence-corrected chi connectivity index (χ4v) is 1.40. The van der Waals surface area contributed by atoms with Crippen LogP contribution in [0.25, 0.3) is 0 Å². The number of hydrogen-bond donors (Lipinski definition) is 2. The van der Waals surface area contributed by atoms with E-state index < -0.39 is 12.1 Å². The Morgan fingerprint density at radius 3 is 2.50 bits per heavy atom. The van der Waals surface area contributed by atoms with Crippen LogP contribution in [0.3, 0.4) is 0 Å². The van der Waals surface area contributed by atoms with Gasteiger partial charge in [0.05, 0.1) is 17.4 Å². The quantitative estimate of drug-likeness (QED) is 0.802. The monoisotopic (exact) mass is 252 g/mol. The van der Waals surface area contributed by atoms with Gasteiger partial charge in [-0.05, 0) is 32.0 Å². The minimum atomic E-state index is -1.15. The van der Waals surface area contributed by atoms with Crippen LogP contribution in [0.4, 0.5) is 16.2 Å². The van der Waals surface area contributed by atoms with Crippen molar-refractivity contribution in [3.8, 4) is 0 Å². The van der Waals surface area contributed by atoms with E-state index in [2.05, 4.69) is 0 Å². The normalized spacial score (nSPS) is 10.2. The van der Waals surface area contributed by atoms with Gasteiger partial charge in [0.1, 0.15) is 0 Å². The molecule has 1 amide bonds. The predicted molar refractivity (Wildman–Crippen MR) is 67.8 cm³/mol. The topological polar surface area (TPSA) is 92.9 Å². The smallest absolute Gasteiger partial charge is 0.414 e. The van der Waals surface area contributed by atoms with Crippen LogP contribution in [-0.2, 0) is 4.74 Å². The van der Waals surface area contributed by atoms with E-state index in [1.54, 1.807) is 13.8 Å². The molecule has 0 saturated carbocycles. The number of anilines is 2. The van der Waals surface area contributed by atoms with Gasteiger partial charge in [0.15, 0.2) is 0 Å². The molecule has 0 aromatic heterocycles. The van der Waals surface area contributed by atoms with Crippen LogP contribution >= 0.6 is 0 Å². The number of aromatic carboxylic acids is 1. The van der Waals surface area contributed by atoms with Crippen molar-refractivity contribution in [2.24, 2.45) is 0 Å². The van der Waals surface area contributed by atoms with Gasteiger partial charge in [-0.1, -0.05) is 0 Å². The number of rotatable bonds is 3. The van der Waals surface area contributed by atoms with Gasteiger partial charge in [0.2, 0.25) is 0 Å². The largest absolute Gasteiger partial charge is 0.478 e. The van der Waals surface area contributed by atoms with Crippen molar-refractivity contribution in [1.82, 2.24) is 0 Å². The molecule has 6 heteroatoms. The van der Waals surface area contributed by atoms with Crippen molar-refractivity contribution in [2.75, 3.05) is 17.7 Å². The third-order valence-corrected chi connectivity index (χ3v) is 2.22. The first kappa shape index (κ1) is 13.8. The minimum absolute atomic E-state index is 0.0433. The maximum atomic E-state index is 11.7. The van der Waals surface area contributed by atoms with E-state index in [-0.39, 0.29) is 17.4 Å². The van der Waals surface area contributed by atoms with Crippen LogP contribution in [-0.4, -0.2) is 30.3 Å². The Balaban J connectivity index is 3.09. The number of amides is 1. The van der Waals surface area contributed by atoms with Crippen LogP contribution < -0.4 is 10.6 Å². The number of carbonyl (C=O) groups is 2. The van der Waals surface area contributed by atoms with Gasteiger partial charge in [-0.25, -0.2) is 9.59 Å². The zero-order valence-electron chi connectivity index (χ0n) is 10.5. The summed E-state index contributed by atoms with van der Waals surface area (Å²) in [6.45, 7) is 3.43. The van der Waals surface area contributed by atoms with Gasteiger partial charge < -0.3 is 15.6 Å². The molecule has 3 N–H and O–H groups in total. The molecule has 0 aliphatic rings. The predicted octanol–water partition coefficient (Wildman–Crippen LogP) is 1.95. The van der Waals surface area contributed by atoms with E-state index >= 15 is 0 Å². The van der Waals surface area contributed by atoms with Crippen molar-refractivity contribution >= 4 is 23.4 Å². The maximum absolute atomic E-state index is 11.7. The number of nitrogens with zero attached hydrogens (tertiary/aromatic N) is 1. The molecule has 0 bridgehead atoms. The first-order chi connectivity index (χ1) is 8.32. The Morgan fingerprint density at radius 1 is 1.39 bits per heavy atom. The molecule has 1 aromatic rings. The number of nitrogens with two attached hydrogens (primary N) is 1. The summed E-state index contributed by atoms with van der Waals surface area (Å²) in [4.78, 5) is 23.9. The lowest BCUT2D eigenvalue weighted by atomic mass is 10.1. The Hall–Kier alpha value is -2.24. The SMILES string of the molecule is CC(C)OC(=O)N(C)c1ccc(N)cc1C(=O)O. The lowest BCUT2D eigenvalue weighted by Gasteiger charge is -2.20. The minimum Gasteiger partial charge on any atom is -0.478 e. The Kier molecular flexibility index (Phi) is 4.14. The van der Waals surface area contributed by atoms with E-state index in [0.29, 0.717) is 5.69 Å². The highest BCUT2D eigenvalue weighted by molar-refractivity contribution is 6.00. The van der Waals surface area contributed by atoms with Crippen molar-refractivity contribution in [2.45, 2.75) is 20.0 Å². The third kappa shape index (κ3) is 3.13. The van der Waals surface area contributed by atoms with Gasteiger partial charge in [0, 0.05) is 12.7 Å². The molecule has 18 heavy (non-hydrogen) atoms. The summed E-state index contributed by atoms with van der Waals surface area (Å²) in [5.74, 6) is -1.15. The number of carbonyl (C=O) groups excluding carboxylic acids is 1. The highest BCUT2D eigenvalue weighted by Gasteiger charge is 2.20. The molecule has 6 nitrogen and oxygen atoms in total. The average molecular weight is 252 g/mol. The van der Waals surface area contributed by atoms with E-state index in [9.17, 15) is 9.59 Å². The van der Waals surface area contributed by atoms with Gasteiger partial charge >= 0.3 is 12.1 Å². The number of benzene rings is 1. The first-order valence-electron chi connectivity index (χ1n) is 5.40. The maximum Gasteiger partial charge on any atom is 0.414 e. The van der Waals surface area contributed by atoms with Crippen LogP contribution in [0.15, 0.2) is 18.2 Å².